The Labute approximate surface area is 64.3 Å². The number of rotatable bonds is 2. The van der Waals surface area contributed by atoms with Gasteiger partial charge in [-0.3, -0.25) is 0 Å². The normalized spacial score (nSPS) is 22.4. The topological polar surface area (TPSA) is 0 Å². The summed E-state index contributed by atoms with van der Waals surface area (Å²) in [6, 6.07) is 0. The third kappa shape index (κ3) is 0.817. The Bertz CT molecular complexity index is 143. The number of hydrogen-bond donors (Lipinski definition) is 0. The summed E-state index contributed by atoms with van der Waals surface area (Å²) >= 11 is 0. The van der Waals surface area contributed by atoms with Crippen LogP contribution in [-0.4, -0.2) is 0 Å². The molecule has 0 amide bonds. The highest BCUT2D eigenvalue weighted by Crippen LogP contribution is 2.61. The molecule has 10 heavy (non-hydrogen) atoms. The zero-order chi connectivity index (χ0) is 7.94. The lowest BCUT2D eigenvalue weighted by atomic mass is 9.81. The molecule has 0 N–H and O–H groups in total. The van der Waals surface area contributed by atoms with Crippen molar-refractivity contribution in [3.63, 3.8) is 0 Å². The first-order valence-electron chi connectivity index (χ1n) is 4.20. The Morgan fingerprint density at radius 3 is 1.50 bits per heavy atom. The van der Waals surface area contributed by atoms with Gasteiger partial charge < -0.3 is 0 Å². The van der Waals surface area contributed by atoms with Crippen LogP contribution in [0.4, 0.5) is 0 Å². The molecule has 0 atom stereocenters. The van der Waals surface area contributed by atoms with Gasteiger partial charge in [0.1, 0.15) is 0 Å². The maximum Gasteiger partial charge on any atom is -0.000731 e. The maximum atomic E-state index is 4.06. The Morgan fingerprint density at radius 2 is 1.50 bits per heavy atom. The molecule has 1 aliphatic carbocycles. The number of allylic oxidation sites excluding steroid dienone is 1. The molecule has 1 fully saturated rings. The molecule has 0 saturated heterocycles. The van der Waals surface area contributed by atoms with Crippen molar-refractivity contribution in [3.05, 3.63) is 12.2 Å². The first kappa shape index (κ1) is 7.84. The van der Waals surface area contributed by atoms with Gasteiger partial charge in [-0.25, -0.2) is 0 Å². The summed E-state index contributed by atoms with van der Waals surface area (Å²) in [5.74, 6) is 1.56. The molecule has 0 bridgehead atoms. The van der Waals surface area contributed by atoms with Crippen LogP contribution in [0.2, 0.25) is 0 Å². The summed E-state index contributed by atoms with van der Waals surface area (Å²) in [6.45, 7) is 13.3. The van der Waals surface area contributed by atoms with E-state index < -0.39 is 0 Å². The van der Waals surface area contributed by atoms with Crippen LogP contribution in [0.25, 0.3) is 0 Å². The minimum Gasteiger partial charge on any atom is -0.0992 e. The second-order valence-corrected chi connectivity index (χ2v) is 4.13. The van der Waals surface area contributed by atoms with E-state index in [4.69, 9.17) is 0 Å². The quantitative estimate of drug-likeness (QED) is 0.514. The summed E-state index contributed by atoms with van der Waals surface area (Å²) in [4.78, 5) is 0. The molecule has 0 heterocycles. The smallest absolute Gasteiger partial charge is 0.000731 e. The second-order valence-electron chi connectivity index (χ2n) is 4.13. The standard InChI is InChI=1S/C10H18/c1-7(2)10(8(3)4)6-9(10)5/h7-8H,5-6H2,1-4H3. The highest BCUT2D eigenvalue weighted by atomic mass is 14.6. The van der Waals surface area contributed by atoms with Gasteiger partial charge >= 0.3 is 0 Å². The van der Waals surface area contributed by atoms with Crippen LogP contribution < -0.4 is 0 Å². The van der Waals surface area contributed by atoms with E-state index in [0.29, 0.717) is 5.41 Å². The molecule has 0 heteroatoms. The Morgan fingerprint density at radius 1 is 1.20 bits per heavy atom. The van der Waals surface area contributed by atoms with E-state index in [0.717, 1.165) is 11.8 Å². The van der Waals surface area contributed by atoms with Crippen molar-refractivity contribution in [3.8, 4) is 0 Å². The van der Waals surface area contributed by atoms with E-state index in [2.05, 4.69) is 34.3 Å². The van der Waals surface area contributed by atoms with Gasteiger partial charge in [-0.05, 0) is 23.7 Å². The molecular formula is C10H18. The Kier molecular flexibility index (Phi) is 1.66. The van der Waals surface area contributed by atoms with Crippen molar-refractivity contribution in [2.45, 2.75) is 34.1 Å². The molecular weight excluding hydrogens is 120 g/mol. The summed E-state index contributed by atoms with van der Waals surface area (Å²) < 4.78 is 0. The van der Waals surface area contributed by atoms with Crippen LogP contribution in [0.1, 0.15) is 34.1 Å². The molecule has 0 radical (unpaired) electrons. The van der Waals surface area contributed by atoms with Gasteiger partial charge in [-0.2, -0.15) is 0 Å². The SMILES string of the molecule is C=C1CC1(C(C)C)C(C)C. The molecule has 58 valence electrons. The lowest BCUT2D eigenvalue weighted by molar-refractivity contribution is 0.279. The van der Waals surface area contributed by atoms with Crippen molar-refractivity contribution in [2.75, 3.05) is 0 Å². The van der Waals surface area contributed by atoms with Crippen LogP contribution in [0.3, 0.4) is 0 Å². The van der Waals surface area contributed by atoms with Gasteiger partial charge in [0.25, 0.3) is 0 Å². The molecule has 0 nitrogen and oxygen atoms in total. The monoisotopic (exact) mass is 138 g/mol. The summed E-state index contributed by atoms with van der Waals surface area (Å²) in [6.07, 6.45) is 1.27. The van der Waals surface area contributed by atoms with Crippen LogP contribution in [0.5, 0.6) is 0 Å². The average molecular weight is 138 g/mol. The molecule has 0 aromatic carbocycles. The van der Waals surface area contributed by atoms with Gasteiger partial charge in [-0.15, -0.1) is 0 Å². The summed E-state index contributed by atoms with van der Waals surface area (Å²) in [7, 11) is 0. The fraction of sp³-hybridized carbons (Fsp3) is 0.800. The average Bonchev–Trinajstić information content (AvgIpc) is 2.42. The third-order valence-corrected chi connectivity index (χ3v) is 3.10. The van der Waals surface area contributed by atoms with Gasteiger partial charge in [-0.1, -0.05) is 39.8 Å². The lowest BCUT2D eigenvalue weighted by Gasteiger charge is -2.23. The van der Waals surface area contributed by atoms with Crippen LogP contribution in [-0.2, 0) is 0 Å². The molecule has 0 unspecified atom stereocenters. The Hall–Kier alpha value is -0.260. The van der Waals surface area contributed by atoms with E-state index in [1.165, 1.54) is 12.0 Å². The number of hydrogen-bond acceptors (Lipinski definition) is 0. The zero-order valence-electron chi connectivity index (χ0n) is 7.57. The van der Waals surface area contributed by atoms with Crippen molar-refractivity contribution in [2.24, 2.45) is 17.3 Å². The fourth-order valence-corrected chi connectivity index (χ4v) is 2.20. The van der Waals surface area contributed by atoms with Crippen molar-refractivity contribution >= 4 is 0 Å². The fourth-order valence-electron chi connectivity index (χ4n) is 2.20. The maximum absolute atomic E-state index is 4.06. The molecule has 0 aromatic rings. The highest BCUT2D eigenvalue weighted by molar-refractivity contribution is 5.31. The summed E-state index contributed by atoms with van der Waals surface area (Å²) in [5.41, 5.74) is 1.98. The van der Waals surface area contributed by atoms with E-state index in [1.807, 2.05) is 0 Å². The highest BCUT2D eigenvalue weighted by Gasteiger charge is 2.51. The first-order valence-corrected chi connectivity index (χ1v) is 4.20. The van der Waals surface area contributed by atoms with Gasteiger partial charge in [0.05, 0.1) is 0 Å². The lowest BCUT2D eigenvalue weighted by Crippen LogP contribution is -2.16. The predicted octanol–water partition coefficient (Wildman–Crippen LogP) is 3.24. The van der Waals surface area contributed by atoms with Gasteiger partial charge in [0.2, 0.25) is 0 Å². The van der Waals surface area contributed by atoms with Gasteiger partial charge in [0.15, 0.2) is 0 Å². The molecule has 0 aromatic heterocycles. The van der Waals surface area contributed by atoms with Crippen LogP contribution in [0, 0.1) is 17.3 Å². The Balaban J connectivity index is 2.73. The molecule has 1 saturated carbocycles. The van der Waals surface area contributed by atoms with E-state index in [9.17, 15) is 0 Å². The van der Waals surface area contributed by atoms with E-state index >= 15 is 0 Å². The molecule has 0 spiro atoms. The van der Waals surface area contributed by atoms with E-state index in [1.54, 1.807) is 0 Å². The van der Waals surface area contributed by atoms with Crippen molar-refractivity contribution in [1.82, 2.24) is 0 Å². The largest absolute Gasteiger partial charge is 0.0992 e. The van der Waals surface area contributed by atoms with E-state index in [-0.39, 0.29) is 0 Å². The van der Waals surface area contributed by atoms with Crippen molar-refractivity contribution in [1.29, 1.82) is 0 Å². The zero-order valence-corrected chi connectivity index (χ0v) is 7.57. The van der Waals surface area contributed by atoms with Crippen LogP contribution >= 0.6 is 0 Å². The molecule has 1 rings (SSSR count). The minimum atomic E-state index is 0.514. The third-order valence-electron chi connectivity index (χ3n) is 3.10. The molecule has 1 aliphatic rings. The first-order chi connectivity index (χ1) is 4.51. The molecule has 0 aliphatic heterocycles. The minimum absolute atomic E-state index is 0.514. The second kappa shape index (κ2) is 2.11. The van der Waals surface area contributed by atoms with Crippen molar-refractivity contribution < 1.29 is 0 Å². The van der Waals surface area contributed by atoms with Crippen LogP contribution in [0.15, 0.2) is 12.2 Å². The predicted molar refractivity (Wildman–Crippen MR) is 45.9 cm³/mol. The van der Waals surface area contributed by atoms with Gasteiger partial charge in [0, 0.05) is 0 Å². The summed E-state index contributed by atoms with van der Waals surface area (Å²) in [5, 5.41) is 0.